The van der Waals surface area contributed by atoms with Crippen LogP contribution in [0.4, 0.5) is 5.69 Å². The summed E-state index contributed by atoms with van der Waals surface area (Å²) < 4.78 is 0. The minimum atomic E-state index is -0.00917. The summed E-state index contributed by atoms with van der Waals surface area (Å²) in [7, 11) is 3.94. The molecule has 1 aliphatic rings. The molecule has 0 radical (unpaired) electrons. The van der Waals surface area contributed by atoms with Crippen LogP contribution in [0.2, 0.25) is 0 Å². The zero-order valence-electron chi connectivity index (χ0n) is 12.3. The normalized spacial score (nSPS) is 16.9. The summed E-state index contributed by atoms with van der Waals surface area (Å²) >= 11 is 6.10. The van der Waals surface area contributed by atoms with Gasteiger partial charge >= 0.3 is 0 Å². The van der Waals surface area contributed by atoms with E-state index in [-0.39, 0.29) is 11.3 Å². The lowest BCUT2D eigenvalue weighted by molar-refractivity contribution is 0.0935. The molecule has 1 fully saturated rings. The highest BCUT2D eigenvalue weighted by atomic mass is 35.5. The van der Waals surface area contributed by atoms with E-state index >= 15 is 0 Å². The Morgan fingerprint density at radius 3 is 2.65 bits per heavy atom. The van der Waals surface area contributed by atoms with E-state index in [1.165, 1.54) is 12.8 Å². The third kappa shape index (κ3) is 3.45. The van der Waals surface area contributed by atoms with Crippen molar-refractivity contribution in [3.05, 3.63) is 29.8 Å². The fourth-order valence-electron chi connectivity index (χ4n) is 2.78. The van der Waals surface area contributed by atoms with Gasteiger partial charge in [-0.2, -0.15) is 0 Å². The van der Waals surface area contributed by atoms with Crippen LogP contribution >= 0.6 is 11.6 Å². The molecule has 1 aliphatic carbocycles. The van der Waals surface area contributed by atoms with Crippen LogP contribution in [0.25, 0.3) is 0 Å². The summed E-state index contributed by atoms with van der Waals surface area (Å²) in [5, 5.41) is 3.06. The summed E-state index contributed by atoms with van der Waals surface area (Å²) in [5.74, 6) is 0.621. The number of benzene rings is 1. The molecule has 0 heterocycles. The van der Waals surface area contributed by atoms with Gasteiger partial charge in [0.05, 0.1) is 0 Å². The first kappa shape index (κ1) is 15.2. The van der Waals surface area contributed by atoms with Crippen LogP contribution in [0.1, 0.15) is 36.0 Å². The standard InChI is InChI=1S/C16H23ClN2O/c1-19(2)14-7-5-6-13(10-14)15(20)18-12-16(11-17)8-3-4-9-16/h5-7,10H,3-4,8-9,11-12H2,1-2H3,(H,18,20). The van der Waals surface area contributed by atoms with Crippen molar-refractivity contribution in [2.45, 2.75) is 25.7 Å². The highest BCUT2D eigenvalue weighted by molar-refractivity contribution is 6.18. The van der Waals surface area contributed by atoms with E-state index in [1.807, 2.05) is 43.3 Å². The molecule has 3 nitrogen and oxygen atoms in total. The maximum absolute atomic E-state index is 12.3. The van der Waals surface area contributed by atoms with Gasteiger partial charge in [0.1, 0.15) is 0 Å². The number of alkyl halides is 1. The molecule has 0 spiro atoms. The number of amides is 1. The van der Waals surface area contributed by atoms with Gasteiger partial charge in [-0.15, -0.1) is 11.6 Å². The molecule has 110 valence electrons. The average Bonchev–Trinajstić information content (AvgIpc) is 2.94. The van der Waals surface area contributed by atoms with Gasteiger partial charge < -0.3 is 10.2 Å². The topological polar surface area (TPSA) is 32.3 Å². The Balaban J connectivity index is 1.99. The Morgan fingerprint density at radius 2 is 2.05 bits per heavy atom. The fourth-order valence-corrected chi connectivity index (χ4v) is 3.14. The van der Waals surface area contributed by atoms with Gasteiger partial charge in [-0.1, -0.05) is 18.9 Å². The SMILES string of the molecule is CN(C)c1cccc(C(=O)NCC2(CCl)CCCC2)c1. The molecular formula is C16H23ClN2O. The zero-order chi connectivity index (χ0) is 14.6. The minimum absolute atomic E-state index is 0.00917. The third-order valence-corrected chi connectivity index (χ3v) is 4.76. The molecule has 4 heteroatoms. The van der Waals surface area contributed by atoms with Gasteiger partial charge in [-0.05, 0) is 31.0 Å². The molecule has 2 rings (SSSR count). The predicted octanol–water partition coefficient (Wildman–Crippen LogP) is 3.28. The largest absolute Gasteiger partial charge is 0.378 e. The summed E-state index contributed by atoms with van der Waals surface area (Å²) in [6.07, 6.45) is 4.68. The first-order valence-corrected chi connectivity index (χ1v) is 7.71. The maximum Gasteiger partial charge on any atom is 0.251 e. The number of nitrogens with one attached hydrogen (secondary N) is 1. The number of anilines is 1. The molecule has 0 bridgehead atoms. The summed E-state index contributed by atoms with van der Waals surface area (Å²) in [5.41, 5.74) is 1.85. The zero-order valence-corrected chi connectivity index (χ0v) is 13.0. The van der Waals surface area contributed by atoms with E-state index in [0.717, 1.165) is 18.5 Å². The van der Waals surface area contributed by atoms with Gasteiger partial charge in [0, 0.05) is 43.2 Å². The highest BCUT2D eigenvalue weighted by Gasteiger charge is 2.33. The van der Waals surface area contributed by atoms with E-state index in [1.54, 1.807) is 0 Å². The van der Waals surface area contributed by atoms with Crippen molar-refractivity contribution in [3.63, 3.8) is 0 Å². The van der Waals surface area contributed by atoms with Crippen LogP contribution in [-0.2, 0) is 0 Å². The Bertz CT molecular complexity index is 467. The van der Waals surface area contributed by atoms with Crippen molar-refractivity contribution in [2.75, 3.05) is 31.4 Å². The molecule has 0 atom stereocenters. The Hall–Kier alpha value is -1.22. The predicted molar refractivity (Wildman–Crippen MR) is 84.7 cm³/mol. The van der Waals surface area contributed by atoms with Gasteiger partial charge in [0.25, 0.3) is 5.91 Å². The lowest BCUT2D eigenvalue weighted by Gasteiger charge is -2.26. The van der Waals surface area contributed by atoms with Crippen molar-refractivity contribution in [1.82, 2.24) is 5.32 Å². The Morgan fingerprint density at radius 1 is 1.35 bits per heavy atom. The molecule has 0 aliphatic heterocycles. The van der Waals surface area contributed by atoms with Gasteiger partial charge in [-0.3, -0.25) is 4.79 Å². The smallest absolute Gasteiger partial charge is 0.251 e. The maximum atomic E-state index is 12.3. The fraction of sp³-hybridized carbons (Fsp3) is 0.562. The van der Waals surface area contributed by atoms with Crippen molar-refractivity contribution in [1.29, 1.82) is 0 Å². The molecule has 0 aromatic heterocycles. The van der Waals surface area contributed by atoms with Crippen molar-refractivity contribution < 1.29 is 4.79 Å². The summed E-state index contributed by atoms with van der Waals surface area (Å²) in [6.45, 7) is 0.682. The Kier molecular flexibility index (Phi) is 4.92. The van der Waals surface area contributed by atoms with E-state index in [0.29, 0.717) is 18.0 Å². The first-order chi connectivity index (χ1) is 9.56. The Labute approximate surface area is 126 Å². The lowest BCUT2D eigenvalue weighted by Crippen LogP contribution is -2.37. The number of hydrogen-bond acceptors (Lipinski definition) is 2. The molecular weight excluding hydrogens is 272 g/mol. The number of hydrogen-bond donors (Lipinski definition) is 1. The lowest BCUT2D eigenvalue weighted by atomic mass is 9.88. The van der Waals surface area contributed by atoms with E-state index in [2.05, 4.69) is 5.32 Å². The van der Waals surface area contributed by atoms with Crippen LogP contribution in [-0.4, -0.2) is 32.4 Å². The van der Waals surface area contributed by atoms with Crippen LogP contribution in [0, 0.1) is 5.41 Å². The second-order valence-corrected chi connectivity index (χ2v) is 6.24. The molecule has 1 amide bonds. The minimum Gasteiger partial charge on any atom is -0.378 e. The molecule has 0 unspecified atom stereocenters. The molecule has 0 saturated heterocycles. The van der Waals surface area contributed by atoms with Crippen LogP contribution in [0.3, 0.4) is 0 Å². The van der Waals surface area contributed by atoms with Crippen molar-refractivity contribution >= 4 is 23.2 Å². The number of rotatable bonds is 5. The highest BCUT2D eigenvalue weighted by Crippen LogP contribution is 2.38. The average molecular weight is 295 g/mol. The van der Waals surface area contributed by atoms with E-state index < -0.39 is 0 Å². The molecule has 1 aromatic rings. The molecule has 1 aromatic carbocycles. The third-order valence-electron chi connectivity index (χ3n) is 4.20. The molecule has 20 heavy (non-hydrogen) atoms. The number of nitrogens with zero attached hydrogens (tertiary/aromatic N) is 1. The second kappa shape index (κ2) is 6.49. The quantitative estimate of drug-likeness (QED) is 0.845. The number of carbonyl (C=O) groups is 1. The van der Waals surface area contributed by atoms with Crippen LogP contribution < -0.4 is 10.2 Å². The van der Waals surface area contributed by atoms with E-state index in [9.17, 15) is 4.79 Å². The van der Waals surface area contributed by atoms with E-state index in [4.69, 9.17) is 11.6 Å². The van der Waals surface area contributed by atoms with Crippen molar-refractivity contribution in [3.8, 4) is 0 Å². The van der Waals surface area contributed by atoms with Crippen LogP contribution in [0.5, 0.6) is 0 Å². The second-order valence-electron chi connectivity index (χ2n) is 5.97. The monoisotopic (exact) mass is 294 g/mol. The first-order valence-electron chi connectivity index (χ1n) is 7.18. The van der Waals surface area contributed by atoms with Gasteiger partial charge in [-0.25, -0.2) is 0 Å². The molecule has 1 saturated carbocycles. The molecule has 1 N–H and O–H groups in total. The number of carbonyl (C=O) groups excluding carboxylic acids is 1. The van der Waals surface area contributed by atoms with Gasteiger partial charge in [0.15, 0.2) is 0 Å². The van der Waals surface area contributed by atoms with Crippen LogP contribution in [0.15, 0.2) is 24.3 Å². The summed E-state index contributed by atoms with van der Waals surface area (Å²) in [4.78, 5) is 14.3. The number of halogens is 1. The van der Waals surface area contributed by atoms with Gasteiger partial charge in [0.2, 0.25) is 0 Å². The van der Waals surface area contributed by atoms with Crippen molar-refractivity contribution in [2.24, 2.45) is 5.41 Å². The summed E-state index contributed by atoms with van der Waals surface area (Å²) in [6, 6.07) is 7.67.